The first kappa shape index (κ1) is 25.0. The summed E-state index contributed by atoms with van der Waals surface area (Å²) in [5.41, 5.74) is 4.62. The van der Waals surface area contributed by atoms with Gasteiger partial charge in [-0.1, -0.05) is 18.2 Å². The van der Waals surface area contributed by atoms with Gasteiger partial charge in [-0.3, -0.25) is 4.98 Å². The molecule has 0 spiro atoms. The molecule has 0 atom stereocenters. The third kappa shape index (κ3) is 4.50. The fourth-order valence-electron chi connectivity index (χ4n) is 4.81. The number of aryl methyl sites for hydroxylation is 1. The molecule has 11 heteroatoms. The van der Waals surface area contributed by atoms with E-state index in [1.807, 2.05) is 37.4 Å². The number of benzene rings is 2. The SMILES string of the molecule is Cc1c[nH]c2ncc(-c3ccc4ncc(S(=O)(=O)N5CCOCC5)c(Nc5ccccc5C(=O)O)c4c3)cc12. The number of ether oxygens (including phenoxy) is 1. The quantitative estimate of drug-likeness (QED) is 0.284. The highest BCUT2D eigenvalue weighted by Crippen LogP contribution is 2.37. The van der Waals surface area contributed by atoms with Gasteiger partial charge in [-0.15, -0.1) is 0 Å². The van der Waals surface area contributed by atoms with E-state index in [1.165, 1.54) is 16.6 Å². The van der Waals surface area contributed by atoms with Crippen LogP contribution in [-0.2, 0) is 14.8 Å². The van der Waals surface area contributed by atoms with Gasteiger partial charge in [0.1, 0.15) is 10.5 Å². The molecule has 0 aliphatic carbocycles. The van der Waals surface area contributed by atoms with Gasteiger partial charge in [0.15, 0.2) is 0 Å². The van der Waals surface area contributed by atoms with Crippen molar-refractivity contribution in [2.75, 3.05) is 31.6 Å². The molecule has 6 rings (SSSR count). The van der Waals surface area contributed by atoms with Crippen molar-refractivity contribution in [3.63, 3.8) is 0 Å². The minimum absolute atomic E-state index is 0.0194. The average Bonchev–Trinajstić information content (AvgIpc) is 3.33. The summed E-state index contributed by atoms with van der Waals surface area (Å²) in [4.78, 5) is 24.1. The van der Waals surface area contributed by atoms with Gasteiger partial charge in [-0.05, 0) is 48.4 Å². The number of pyridine rings is 2. The lowest BCUT2D eigenvalue weighted by Crippen LogP contribution is -2.40. The molecule has 0 unspecified atom stereocenters. The van der Waals surface area contributed by atoms with Crippen LogP contribution in [-0.4, -0.2) is 65.1 Å². The zero-order valence-corrected chi connectivity index (χ0v) is 21.8. The molecule has 0 amide bonds. The second-order valence-corrected chi connectivity index (χ2v) is 11.2. The molecule has 4 heterocycles. The number of fused-ring (bicyclic) bond motifs is 2. The van der Waals surface area contributed by atoms with Crippen LogP contribution in [0.5, 0.6) is 0 Å². The zero-order valence-electron chi connectivity index (χ0n) is 21.0. The molecular weight excluding hydrogens is 518 g/mol. The Labute approximate surface area is 224 Å². The number of carboxylic acid groups (broad SMARTS) is 1. The Morgan fingerprint density at radius 1 is 1.03 bits per heavy atom. The van der Waals surface area contributed by atoms with Crippen LogP contribution in [0.3, 0.4) is 0 Å². The van der Waals surface area contributed by atoms with Crippen LogP contribution in [0.2, 0.25) is 0 Å². The molecule has 10 nitrogen and oxygen atoms in total. The monoisotopic (exact) mass is 543 g/mol. The van der Waals surface area contributed by atoms with Crippen molar-refractivity contribution in [1.82, 2.24) is 19.3 Å². The first-order valence-corrected chi connectivity index (χ1v) is 13.8. The summed E-state index contributed by atoms with van der Waals surface area (Å²) in [7, 11) is -3.98. The van der Waals surface area contributed by atoms with Gasteiger partial charge in [0.25, 0.3) is 0 Å². The number of carboxylic acids is 1. The lowest BCUT2D eigenvalue weighted by atomic mass is 10.0. The first-order valence-electron chi connectivity index (χ1n) is 12.4. The van der Waals surface area contributed by atoms with Gasteiger partial charge in [0.05, 0.1) is 35.7 Å². The number of nitrogens with zero attached hydrogens (tertiary/aromatic N) is 3. The molecule has 3 N–H and O–H groups in total. The highest BCUT2D eigenvalue weighted by Gasteiger charge is 2.30. The minimum atomic E-state index is -3.98. The summed E-state index contributed by atoms with van der Waals surface area (Å²) >= 11 is 0. The van der Waals surface area contributed by atoms with Crippen molar-refractivity contribution in [2.45, 2.75) is 11.8 Å². The molecule has 0 bridgehead atoms. The van der Waals surface area contributed by atoms with E-state index in [4.69, 9.17) is 4.74 Å². The number of aromatic carboxylic acids is 1. The second-order valence-electron chi connectivity index (χ2n) is 9.31. The van der Waals surface area contributed by atoms with E-state index in [9.17, 15) is 18.3 Å². The van der Waals surface area contributed by atoms with E-state index in [0.29, 0.717) is 24.1 Å². The van der Waals surface area contributed by atoms with Crippen molar-refractivity contribution in [2.24, 2.45) is 0 Å². The largest absolute Gasteiger partial charge is 0.478 e. The molecule has 198 valence electrons. The summed E-state index contributed by atoms with van der Waals surface area (Å²) in [6.45, 7) is 3.02. The Kier molecular flexibility index (Phi) is 6.26. The van der Waals surface area contributed by atoms with Gasteiger partial charge < -0.3 is 20.1 Å². The lowest BCUT2D eigenvalue weighted by Gasteiger charge is -2.27. The van der Waals surface area contributed by atoms with E-state index in [0.717, 1.165) is 27.7 Å². The van der Waals surface area contributed by atoms with Crippen LogP contribution in [0, 0.1) is 6.92 Å². The normalized spacial score (nSPS) is 14.6. The fraction of sp³-hybridized carbons (Fsp3) is 0.179. The first-order chi connectivity index (χ1) is 18.8. The lowest BCUT2D eigenvalue weighted by molar-refractivity contribution is 0.0698. The smallest absolute Gasteiger partial charge is 0.337 e. The van der Waals surface area contributed by atoms with E-state index in [-0.39, 0.29) is 34.9 Å². The number of rotatable bonds is 6. The molecule has 1 aliphatic rings. The van der Waals surface area contributed by atoms with Crippen LogP contribution in [0.1, 0.15) is 15.9 Å². The van der Waals surface area contributed by atoms with E-state index < -0.39 is 16.0 Å². The number of anilines is 2. The Morgan fingerprint density at radius 3 is 2.59 bits per heavy atom. The molecule has 2 aromatic carbocycles. The Bertz CT molecular complexity index is 1840. The summed E-state index contributed by atoms with van der Waals surface area (Å²) in [6.07, 6.45) is 4.99. The second kappa shape index (κ2) is 9.77. The van der Waals surface area contributed by atoms with Crippen molar-refractivity contribution in [1.29, 1.82) is 0 Å². The molecule has 1 saturated heterocycles. The maximum absolute atomic E-state index is 13.8. The molecule has 1 aliphatic heterocycles. The summed E-state index contributed by atoms with van der Waals surface area (Å²) in [5.74, 6) is -1.13. The van der Waals surface area contributed by atoms with Crippen LogP contribution in [0.15, 0.2) is 72.0 Å². The fourth-order valence-corrected chi connectivity index (χ4v) is 6.32. The number of para-hydroxylation sites is 1. The van der Waals surface area contributed by atoms with Crippen LogP contribution < -0.4 is 5.32 Å². The molecule has 5 aromatic rings. The molecule has 39 heavy (non-hydrogen) atoms. The number of hydrogen-bond donors (Lipinski definition) is 3. The average molecular weight is 544 g/mol. The highest BCUT2D eigenvalue weighted by molar-refractivity contribution is 7.89. The van der Waals surface area contributed by atoms with Gasteiger partial charge >= 0.3 is 5.97 Å². The predicted octanol–water partition coefficient (Wildman–Crippen LogP) is 4.55. The van der Waals surface area contributed by atoms with Crippen LogP contribution in [0.4, 0.5) is 11.4 Å². The van der Waals surface area contributed by atoms with Gasteiger partial charge in [-0.25, -0.2) is 18.2 Å². The number of morpholine rings is 1. The van der Waals surface area contributed by atoms with Gasteiger partial charge in [0, 0.05) is 48.0 Å². The third-order valence-electron chi connectivity index (χ3n) is 6.91. The standard InChI is InChI=1S/C28H25N5O5S/c1-17-14-30-27-21(17)13-19(15-31-27)18-6-7-23-22(12-18)26(32-24-5-3-2-4-20(24)28(34)35)25(16-29-23)39(36,37)33-8-10-38-11-9-33/h2-7,12-16H,8-11H2,1H3,(H,29,32)(H,30,31)(H,34,35). The number of nitrogens with one attached hydrogen (secondary N) is 2. The zero-order chi connectivity index (χ0) is 27.1. The summed E-state index contributed by atoms with van der Waals surface area (Å²) in [6, 6.07) is 14.0. The van der Waals surface area contributed by atoms with Crippen molar-refractivity contribution in [3.8, 4) is 11.1 Å². The van der Waals surface area contributed by atoms with Crippen molar-refractivity contribution in [3.05, 3.63) is 78.2 Å². The number of aromatic nitrogens is 3. The molecule has 0 saturated carbocycles. The third-order valence-corrected chi connectivity index (χ3v) is 8.82. The Balaban J connectivity index is 1.57. The van der Waals surface area contributed by atoms with E-state index in [1.54, 1.807) is 24.4 Å². The molecular formula is C28H25N5O5S. The summed E-state index contributed by atoms with van der Waals surface area (Å²) < 4.78 is 34.4. The predicted molar refractivity (Wildman–Crippen MR) is 148 cm³/mol. The number of aromatic amines is 1. The van der Waals surface area contributed by atoms with Gasteiger partial charge in [-0.2, -0.15) is 4.31 Å². The van der Waals surface area contributed by atoms with Crippen LogP contribution in [0.25, 0.3) is 33.1 Å². The number of H-pyrrole nitrogens is 1. The maximum Gasteiger partial charge on any atom is 0.337 e. The van der Waals surface area contributed by atoms with Crippen molar-refractivity contribution >= 4 is 49.3 Å². The summed E-state index contributed by atoms with van der Waals surface area (Å²) in [5, 5.41) is 14.4. The Hall–Kier alpha value is -4.32. The molecule has 0 radical (unpaired) electrons. The van der Waals surface area contributed by atoms with Crippen LogP contribution >= 0.6 is 0 Å². The number of carbonyl (C=O) groups is 1. The van der Waals surface area contributed by atoms with Crippen molar-refractivity contribution < 1.29 is 23.1 Å². The maximum atomic E-state index is 13.8. The molecule has 1 fully saturated rings. The number of sulfonamides is 1. The highest BCUT2D eigenvalue weighted by atomic mass is 32.2. The van der Waals surface area contributed by atoms with E-state index >= 15 is 0 Å². The van der Waals surface area contributed by atoms with Gasteiger partial charge in [0.2, 0.25) is 10.0 Å². The minimum Gasteiger partial charge on any atom is -0.478 e. The molecule has 3 aromatic heterocycles. The Morgan fingerprint density at radius 2 is 1.79 bits per heavy atom. The number of hydrogen-bond acceptors (Lipinski definition) is 7. The van der Waals surface area contributed by atoms with E-state index in [2.05, 4.69) is 20.3 Å². The topological polar surface area (TPSA) is 138 Å².